The molecule has 32 heavy (non-hydrogen) atoms. The third-order valence-corrected chi connectivity index (χ3v) is 5.15. The highest BCUT2D eigenvalue weighted by atomic mass is 19.2. The minimum atomic E-state index is -1.56. The van der Waals surface area contributed by atoms with Crippen LogP contribution in [0.5, 0.6) is 5.75 Å². The van der Waals surface area contributed by atoms with Crippen molar-refractivity contribution in [2.45, 2.75) is 44.8 Å². The van der Waals surface area contributed by atoms with Crippen LogP contribution in [0.15, 0.2) is 48.6 Å². The van der Waals surface area contributed by atoms with Crippen molar-refractivity contribution in [2.24, 2.45) is 0 Å². The van der Waals surface area contributed by atoms with Gasteiger partial charge >= 0.3 is 5.97 Å². The Morgan fingerprint density at radius 3 is 2.16 bits per heavy atom. The van der Waals surface area contributed by atoms with Crippen molar-refractivity contribution in [1.82, 2.24) is 0 Å². The maximum absolute atomic E-state index is 13.4. The van der Waals surface area contributed by atoms with E-state index in [1.54, 1.807) is 31.2 Å². The van der Waals surface area contributed by atoms with Crippen LogP contribution >= 0.6 is 0 Å². The van der Waals surface area contributed by atoms with Crippen molar-refractivity contribution < 1.29 is 27.4 Å². The highest BCUT2D eigenvalue weighted by molar-refractivity contribution is 5.89. The van der Waals surface area contributed by atoms with Gasteiger partial charge in [-0.1, -0.05) is 6.58 Å². The Morgan fingerprint density at radius 2 is 1.66 bits per heavy atom. The van der Waals surface area contributed by atoms with Crippen molar-refractivity contribution in [1.29, 1.82) is 5.26 Å². The molecule has 1 fully saturated rings. The molecule has 4 nitrogen and oxygen atoms in total. The molecular formula is C25H22F3NO3. The first-order chi connectivity index (χ1) is 14.9. The van der Waals surface area contributed by atoms with E-state index in [4.69, 9.17) is 9.47 Å². The van der Waals surface area contributed by atoms with E-state index in [-0.39, 0.29) is 11.1 Å². The van der Waals surface area contributed by atoms with Crippen LogP contribution in [0.2, 0.25) is 0 Å². The van der Waals surface area contributed by atoms with Crippen LogP contribution in [-0.2, 0) is 9.53 Å². The Kier molecular flexibility index (Phi) is 6.18. The average molecular weight is 441 g/mol. The van der Waals surface area contributed by atoms with E-state index in [9.17, 15) is 23.2 Å². The molecule has 7 heteroatoms. The van der Waals surface area contributed by atoms with Gasteiger partial charge in [-0.25, -0.2) is 18.0 Å². The fourth-order valence-electron chi connectivity index (χ4n) is 3.98. The predicted octanol–water partition coefficient (Wildman–Crippen LogP) is 5.98. The standard InChI is InChI=1S/C25H22F3NO3/c1-15(2)23(30)32-25(4)13-24(3,14-25)31-19-7-5-17(6-8-19)18(12-29)9-16-10-20(26)22(28)21(27)11-16/h5-11H,1,13-14H2,2-4H3/b18-9+. The topological polar surface area (TPSA) is 59.3 Å². The molecule has 0 radical (unpaired) electrons. The molecule has 0 aromatic heterocycles. The number of ether oxygens (including phenoxy) is 2. The quantitative estimate of drug-likeness (QED) is 0.182. The number of nitriles is 1. The average Bonchev–Trinajstić information content (AvgIpc) is 2.69. The van der Waals surface area contributed by atoms with Gasteiger partial charge in [-0.3, -0.25) is 0 Å². The summed E-state index contributed by atoms with van der Waals surface area (Å²) in [6.07, 6.45) is 2.29. The minimum absolute atomic E-state index is 0.0313. The molecule has 2 aromatic rings. The van der Waals surface area contributed by atoms with Crippen molar-refractivity contribution >= 4 is 17.6 Å². The number of benzene rings is 2. The summed E-state index contributed by atoms with van der Waals surface area (Å²) in [4.78, 5) is 11.8. The van der Waals surface area contributed by atoms with Gasteiger partial charge in [0, 0.05) is 18.4 Å². The van der Waals surface area contributed by atoms with Crippen LogP contribution in [0.3, 0.4) is 0 Å². The van der Waals surface area contributed by atoms with Crippen LogP contribution < -0.4 is 4.74 Å². The lowest BCUT2D eigenvalue weighted by Gasteiger charge is -2.51. The zero-order chi connectivity index (χ0) is 23.7. The second-order valence-electron chi connectivity index (χ2n) is 8.52. The van der Waals surface area contributed by atoms with Crippen LogP contribution in [0, 0.1) is 28.8 Å². The normalized spacial score (nSPS) is 22.5. The predicted molar refractivity (Wildman–Crippen MR) is 114 cm³/mol. The van der Waals surface area contributed by atoms with Gasteiger partial charge in [-0.05, 0) is 74.4 Å². The molecule has 1 aliphatic carbocycles. The summed E-state index contributed by atoms with van der Waals surface area (Å²) >= 11 is 0. The molecule has 166 valence electrons. The number of rotatable bonds is 6. The number of allylic oxidation sites excluding steroid dienone is 1. The van der Waals surface area contributed by atoms with Gasteiger partial charge in [0.25, 0.3) is 0 Å². The van der Waals surface area contributed by atoms with Crippen molar-refractivity contribution in [2.75, 3.05) is 0 Å². The zero-order valence-electron chi connectivity index (χ0n) is 18.0. The molecule has 0 saturated heterocycles. The van der Waals surface area contributed by atoms with Crippen molar-refractivity contribution in [3.05, 3.63) is 77.1 Å². The first kappa shape index (κ1) is 23.1. The summed E-state index contributed by atoms with van der Waals surface area (Å²) in [6, 6.07) is 10.2. The lowest BCUT2D eigenvalue weighted by Crippen LogP contribution is -2.58. The van der Waals surface area contributed by atoms with E-state index in [0.29, 0.717) is 29.7 Å². The number of hydrogen-bond acceptors (Lipinski definition) is 4. The highest BCUT2D eigenvalue weighted by Crippen LogP contribution is 2.46. The molecular weight excluding hydrogens is 419 g/mol. The van der Waals surface area contributed by atoms with Gasteiger partial charge in [-0.15, -0.1) is 0 Å². The van der Waals surface area contributed by atoms with E-state index < -0.39 is 34.6 Å². The Morgan fingerprint density at radius 1 is 1.09 bits per heavy atom. The van der Waals surface area contributed by atoms with E-state index in [1.165, 1.54) is 6.08 Å². The molecule has 2 aromatic carbocycles. The van der Waals surface area contributed by atoms with Gasteiger partial charge in [0.05, 0.1) is 11.6 Å². The van der Waals surface area contributed by atoms with E-state index in [2.05, 4.69) is 6.58 Å². The number of carbonyl (C=O) groups is 1. The summed E-state index contributed by atoms with van der Waals surface area (Å²) in [5, 5.41) is 9.45. The molecule has 1 saturated carbocycles. The number of nitrogens with zero attached hydrogens (tertiary/aromatic N) is 1. The van der Waals surface area contributed by atoms with Crippen molar-refractivity contribution in [3.63, 3.8) is 0 Å². The summed E-state index contributed by atoms with van der Waals surface area (Å²) < 4.78 is 51.5. The first-order valence-electron chi connectivity index (χ1n) is 9.88. The smallest absolute Gasteiger partial charge is 0.333 e. The molecule has 0 N–H and O–H groups in total. The molecule has 3 rings (SSSR count). The number of hydrogen-bond donors (Lipinski definition) is 0. The van der Waals surface area contributed by atoms with Crippen LogP contribution in [-0.4, -0.2) is 17.2 Å². The van der Waals surface area contributed by atoms with Gasteiger partial charge in [0.1, 0.15) is 17.0 Å². The molecule has 0 spiro atoms. The molecule has 1 aliphatic rings. The maximum Gasteiger partial charge on any atom is 0.333 e. The van der Waals surface area contributed by atoms with E-state index in [0.717, 1.165) is 12.1 Å². The Labute approximate surface area is 184 Å². The van der Waals surface area contributed by atoms with Gasteiger partial charge in [-0.2, -0.15) is 5.26 Å². The van der Waals surface area contributed by atoms with Gasteiger partial charge < -0.3 is 9.47 Å². The molecule has 0 amide bonds. The summed E-state index contributed by atoms with van der Waals surface area (Å²) in [5.41, 5.74) is -0.128. The first-order valence-corrected chi connectivity index (χ1v) is 9.88. The second kappa shape index (κ2) is 8.54. The second-order valence-corrected chi connectivity index (χ2v) is 8.52. The number of halogens is 3. The monoisotopic (exact) mass is 441 g/mol. The third-order valence-electron chi connectivity index (χ3n) is 5.15. The van der Waals surface area contributed by atoms with E-state index >= 15 is 0 Å². The molecule has 0 atom stereocenters. The van der Waals surface area contributed by atoms with Gasteiger partial charge in [0.15, 0.2) is 17.5 Å². The Hall–Kier alpha value is -3.53. The fraction of sp³-hybridized carbons (Fsp3) is 0.280. The number of esters is 1. The molecule has 0 bridgehead atoms. The van der Waals surface area contributed by atoms with E-state index in [1.807, 2.05) is 19.9 Å². The maximum atomic E-state index is 13.4. The Bertz CT molecular complexity index is 1120. The number of carbonyl (C=O) groups excluding carboxylic acids is 1. The largest absolute Gasteiger partial charge is 0.487 e. The van der Waals surface area contributed by atoms with Gasteiger partial charge in [0.2, 0.25) is 0 Å². The highest BCUT2D eigenvalue weighted by Gasteiger charge is 2.53. The third kappa shape index (κ3) is 5.02. The fourth-order valence-corrected chi connectivity index (χ4v) is 3.98. The molecule has 0 unspecified atom stereocenters. The van der Waals surface area contributed by atoms with Crippen LogP contribution in [0.4, 0.5) is 13.2 Å². The van der Waals surface area contributed by atoms with Crippen LogP contribution in [0.25, 0.3) is 11.6 Å². The summed E-state index contributed by atoms with van der Waals surface area (Å²) in [7, 11) is 0. The summed E-state index contributed by atoms with van der Waals surface area (Å²) in [6.45, 7) is 8.93. The lowest BCUT2D eigenvalue weighted by atomic mass is 9.69. The zero-order valence-corrected chi connectivity index (χ0v) is 18.0. The lowest BCUT2D eigenvalue weighted by molar-refractivity contribution is -0.189. The molecule has 0 aliphatic heterocycles. The Balaban J connectivity index is 1.70. The summed E-state index contributed by atoms with van der Waals surface area (Å²) in [5.74, 6) is -4.09. The minimum Gasteiger partial charge on any atom is -0.487 e. The SMILES string of the molecule is C=C(C)C(=O)OC1(C)CC(C)(Oc2ccc(/C(C#N)=C/c3cc(F)c(F)c(F)c3)cc2)C1. The molecule has 0 heterocycles. The van der Waals surface area contributed by atoms with Crippen LogP contribution in [0.1, 0.15) is 44.7 Å². The van der Waals surface area contributed by atoms with Crippen molar-refractivity contribution in [3.8, 4) is 11.8 Å².